The first kappa shape index (κ1) is 17.0. The first-order chi connectivity index (χ1) is 12.2. The number of benzene rings is 2. The Labute approximate surface area is 151 Å². The molecule has 0 saturated heterocycles. The molecular weight excluding hydrogens is 328 g/mol. The highest BCUT2D eigenvalue weighted by atomic mass is 32.2. The summed E-state index contributed by atoms with van der Waals surface area (Å²) in [5.74, 6) is 1.71. The van der Waals surface area contributed by atoms with Crippen LogP contribution in [-0.4, -0.2) is 14.8 Å². The molecule has 0 atom stereocenters. The summed E-state index contributed by atoms with van der Waals surface area (Å²) < 4.78 is 2.05. The zero-order chi connectivity index (χ0) is 17.6. The van der Waals surface area contributed by atoms with E-state index in [-0.39, 0.29) is 0 Å². The van der Waals surface area contributed by atoms with Crippen LogP contribution in [0.1, 0.15) is 17.0 Å². The van der Waals surface area contributed by atoms with E-state index < -0.39 is 0 Å². The molecule has 0 saturated carbocycles. The van der Waals surface area contributed by atoms with E-state index in [0.29, 0.717) is 12.1 Å². The van der Waals surface area contributed by atoms with E-state index in [1.165, 1.54) is 5.56 Å². The topological polar surface area (TPSA) is 54.5 Å². The average Bonchev–Trinajstić information content (AvgIpc) is 3.01. The highest BCUT2D eigenvalue weighted by Gasteiger charge is 2.09. The smallest absolute Gasteiger partial charge is 0.191 e. The van der Waals surface area contributed by atoms with Gasteiger partial charge in [-0.1, -0.05) is 60.3 Å². The Morgan fingerprint density at radius 1 is 1.16 bits per heavy atom. The third-order valence-corrected chi connectivity index (χ3v) is 4.93. The van der Waals surface area contributed by atoms with Crippen molar-refractivity contribution in [3.8, 4) is 17.2 Å². The first-order valence-corrected chi connectivity index (χ1v) is 8.93. The predicted octanol–water partition coefficient (Wildman–Crippen LogP) is 4.60. The van der Waals surface area contributed by atoms with Crippen LogP contribution in [0.25, 0.3) is 11.1 Å². The molecule has 5 heteroatoms. The Balaban J connectivity index is 1.74. The molecule has 0 fully saturated rings. The Kier molecular flexibility index (Phi) is 5.32. The Morgan fingerprint density at radius 2 is 1.92 bits per heavy atom. The normalized spacial score (nSPS) is 10.4. The quantitative estimate of drug-likeness (QED) is 0.483. The summed E-state index contributed by atoms with van der Waals surface area (Å²) in [7, 11) is 0. The number of nitrogens with zero attached hydrogens (tertiary/aromatic N) is 4. The number of thioether (sulfide) groups is 1. The summed E-state index contributed by atoms with van der Waals surface area (Å²) in [6.07, 6.45) is 1.85. The van der Waals surface area contributed by atoms with Gasteiger partial charge >= 0.3 is 0 Å². The minimum absolute atomic E-state index is 0.692. The van der Waals surface area contributed by atoms with Crippen LogP contribution >= 0.6 is 11.8 Å². The van der Waals surface area contributed by atoms with Crippen molar-refractivity contribution in [3.63, 3.8) is 0 Å². The molecule has 3 aromatic rings. The van der Waals surface area contributed by atoms with Crippen LogP contribution in [0.5, 0.6) is 0 Å². The van der Waals surface area contributed by atoms with Crippen molar-refractivity contribution in [2.45, 2.75) is 24.4 Å². The molecule has 4 nitrogen and oxygen atoms in total. The molecule has 1 aromatic heterocycles. The zero-order valence-corrected chi connectivity index (χ0v) is 14.8. The Hall–Kier alpha value is -2.84. The van der Waals surface area contributed by atoms with E-state index in [9.17, 15) is 5.26 Å². The van der Waals surface area contributed by atoms with Crippen LogP contribution in [0.4, 0.5) is 0 Å². The van der Waals surface area contributed by atoms with E-state index in [4.69, 9.17) is 0 Å². The Bertz CT molecular complexity index is 920. The molecule has 0 radical (unpaired) electrons. The molecule has 0 amide bonds. The third-order valence-electron chi connectivity index (χ3n) is 3.89. The van der Waals surface area contributed by atoms with Crippen molar-refractivity contribution < 1.29 is 0 Å². The fourth-order valence-electron chi connectivity index (χ4n) is 2.57. The second kappa shape index (κ2) is 7.82. The van der Waals surface area contributed by atoms with E-state index in [1.54, 1.807) is 11.8 Å². The number of allylic oxidation sites excluding steroid dienone is 1. The number of rotatable bonds is 6. The number of nitriles is 1. The van der Waals surface area contributed by atoms with Gasteiger partial charge in [-0.15, -0.1) is 16.8 Å². The standard InChI is InChI=1S/C20H18N4S/c1-3-12-24-15(2)22-23-20(24)25-14-16-8-10-17(11-9-16)19-7-5-4-6-18(19)13-21/h3-11H,1,12,14H2,2H3. The van der Waals surface area contributed by atoms with Crippen molar-refractivity contribution in [1.29, 1.82) is 5.26 Å². The highest BCUT2D eigenvalue weighted by Crippen LogP contribution is 2.26. The SMILES string of the molecule is C=CCn1c(C)nnc1SCc1ccc(-c2ccccc2C#N)cc1. The molecule has 0 spiro atoms. The van der Waals surface area contributed by atoms with Crippen molar-refractivity contribution in [2.24, 2.45) is 0 Å². The molecular formula is C20H18N4S. The molecule has 0 unspecified atom stereocenters. The summed E-state index contributed by atoms with van der Waals surface area (Å²) in [5.41, 5.74) is 3.91. The number of aryl methyl sites for hydroxylation is 1. The summed E-state index contributed by atoms with van der Waals surface area (Å²) >= 11 is 1.66. The molecule has 0 aliphatic heterocycles. The van der Waals surface area contributed by atoms with Crippen LogP contribution < -0.4 is 0 Å². The van der Waals surface area contributed by atoms with Crippen molar-refractivity contribution in [1.82, 2.24) is 14.8 Å². The van der Waals surface area contributed by atoms with Gasteiger partial charge in [-0.25, -0.2) is 0 Å². The van der Waals surface area contributed by atoms with Crippen LogP contribution in [0, 0.1) is 18.3 Å². The van der Waals surface area contributed by atoms with E-state index in [0.717, 1.165) is 27.9 Å². The van der Waals surface area contributed by atoms with Crippen LogP contribution in [0.15, 0.2) is 66.3 Å². The van der Waals surface area contributed by atoms with Gasteiger partial charge in [0.15, 0.2) is 5.16 Å². The van der Waals surface area contributed by atoms with Crippen molar-refractivity contribution >= 4 is 11.8 Å². The second-order valence-corrected chi connectivity index (χ2v) is 6.51. The minimum Gasteiger partial charge on any atom is -0.302 e. The number of hydrogen-bond donors (Lipinski definition) is 0. The molecule has 0 bridgehead atoms. The lowest BCUT2D eigenvalue weighted by Gasteiger charge is -2.07. The predicted molar refractivity (Wildman–Crippen MR) is 101 cm³/mol. The van der Waals surface area contributed by atoms with Crippen molar-refractivity contribution in [3.05, 3.63) is 78.1 Å². The van der Waals surface area contributed by atoms with Gasteiger partial charge < -0.3 is 4.57 Å². The second-order valence-electron chi connectivity index (χ2n) is 5.57. The van der Waals surface area contributed by atoms with E-state index in [2.05, 4.69) is 51.7 Å². The monoisotopic (exact) mass is 346 g/mol. The van der Waals surface area contributed by atoms with Gasteiger partial charge in [0.25, 0.3) is 0 Å². The average molecular weight is 346 g/mol. The van der Waals surface area contributed by atoms with E-state index in [1.807, 2.05) is 37.3 Å². The first-order valence-electron chi connectivity index (χ1n) is 7.95. The number of aromatic nitrogens is 3. The van der Waals surface area contributed by atoms with Gasteiger partial charge in [0, 0.05) is 12.3 Å². The van der Waals surface area contributed by atoms with Crippen molar-refractivity contribution in [2.75, 3.05) is 0 Å². The zero-order valence-electron chi connectivity index (χ0n) is 14.0. The fraction of sp³-hybridized carbons (Fsp3) is 0.150. The molecule has 0 aliphatic carbocycles. The van der Waals surface area contributed by atoms with Gasteiger partial charge in [-0.3, -0.25) is 0 Å². The van der Waals surface area contributed by atoms with Crippen LogP contribution in [0.3, 0.4) is 0 Å². The molecule has 0 N–H and O–H groups in total. The Morgan fingerprint density at radius 3 is 2.64 bits per heavy atom. The van der Waals surface area contributed by atoms with Gasteiger partial charge in [-0.2, -0.15) is 5.26 Å². The lowest BCUT2D eigenvalue weighted by molar-refractivity contribution is 0.703. The number of hydrogen-bond acceptors (Lipinski definition) is 4. The summed E-state index contributed by atoms with van der Waals surface area (Å²) in [5, 5.41) is 18.5. The van der Waals surface area contributed by atoms with Gasteiger partial charge in [0.05, 0.1) is 11.6 Å². The molecule has 2 aromatic carbocycles. The van der Waals surface area contributed by atoms with Gasteiger partial charge in [-0.05, 0) is 29.7 Å². The lowest BCUT2D eigenvalue weighted by atomic mass is 10.00. The largest absolute Gasteiger partial charge is 0.302 e. The van der Waals surface area contributed by atoms with Gasteiger partial charge in [0.2, 0.25) is 0 Å². The highest BCUT2D eigenvalue weighted by molar-refractivity contribution is 7.98. The molecule has 1 heterocycles. The summed E-state index contributed by atoms with van der Waals surface area (Å²) in [6.45, 7) is 6.44. The maximum absolute atomic E-state index is 9.24. The fourth-order valence-corrected chi connectivity index (χ4v) is 3.52. The van der Waals surface area contributed by atoms with E-state index >= 15 is 0 Å². The lowest BCUT2D eigenvalue weighted by Crippen LogP contribution is -2.00. The van der Waals surface area contributed by atoms with Gasteiger partial charge in [0.1, 0.15) is 5.82 Å². The molecule has 124 valence electrons. The third kappa shape index (κ3) is 3.81. The molecule has 3 rings (SSSR count). The maximum Gasteiger partial charge on any atom is 0.191 e. The molecule has 25 heavy (non-hydrogen) atoms. The maximum atomic E-state index is 9.24. The molecule has 0 aliphatic rings. The minimum atomic E-state index is 0.692. The van der Waals surface area contributed by atoms with Crippen LogP contribution in [-0.2, 0) is 12.3 Å². The van der Waals surface area contributed by atoms with Crippen LogP contribution in [0.2, 0.25) is 0 Å². The summed E-state index contributed by atoms with van der Waals surface area (Å²) in [6, 6.07) is 18.2. The summed E-state index contributed by atoms with van der Waals surface area (Å²) in [4.78, 5) is 0.